The van der Waals surface area contributed by atoms with Crippen LogP contribution in [0.4, 0.5) is 0 Å². The van der Waals surface area contributed by atoms with Gasteiger partial charge in [-0.1, -0.05) is 0 Å². The second-order valence-corrected chi connectivity index (χ2v) is 7.40. The molecule has 7 heteroatoms. The van der Waals surface area contributed by atoms with Crippen molar-refractivity contribution >= 4 is 17.7 Å². The number of carbonyl (C=O) groups is 1. The largest absolute Gasteiger partial charge is 0.490 e. The Labute approximate surface area is 153 Å². The number of nitrogens with zero attached hydrogens (tertiary/aromatic N) is 2. The zero-order valence-electron chi connectivity index (χ0n) is 15.5. The number of fused-ring (bicyclic) bond motifs is 1. The predicted molar refractivity (Wildman–Crippen MR) is 101 cm³/mol. The van der Waals surface area contributed by atoms with Gasteiger partial charge in [0.15, 0.2) is 0 Å². The van der Waals surface area contributed by atoms with Crippen LogP contribution >= 0.6 is 11.8 Å². The normalized spacial score (nSPS) is 14.9. The van der Waals surface area contributed by atoms with Crippen LogP contribution in [0.5, 0.6) is 5.75 Å². The lowest BCUT2D eigenvalue weighted by Gasteiger charge is -2.18. The molecule has 0 saturated heterocycles. The van der Waals surface area contributed by atoms with E-state index in [0.29, 0.717) is 24.3 Å². The SMILES string of the molecule is COC(=O)c1c(OC(C)C)cc(=O)n2c1CCN(CCCSC)CC2. The van der Waals surface area contributed by atoms with Gasteiger partial charge in [0, 0.05) is 37.8 Å². The van der Waals surface area contributed by atoms with Crippen LogP contribution in [-0.4, -0.2) is 60.3 Å². The standard InChI is InChI=1S/C18H28N2O4S/c1-13(2)24-15-12-16(21)20-10-9-19(7-5-11-25-4)8-6-14(20)17(15)18(22)23-3/h12-13H,5-11H2,1-4H3. The monoisotopic (exact) mass is 368 g/mol. The molecular formula is C18H28N2O4S. The zero-order chi connectivity index (χ0) is 18.4. The van der Waals surface area contributed by atoms with E-state index in [-0.39, 0.29) is 11.7 Å². The Balaban J connectivity index is 2.35. The van der Waals surface area contributed by atoms with Gasteiger partial charge in [0.2, 0.25) is 0 Å². The van der Waals surface area contributed by atoms with Gasteiger partial charge in [0.05, 0.1) is 13.2 Å². The summed E-state index contributed by atoms with van der Waals surface area (Å²) in [4.78, 5) is 27.3. The Hall–Kier alpha value is -1.47. The van der Waals surface area contributed by atoms with Crippen molar-refractivity contribution in [2.45, 2.75) is 39.3 Å². The fourth-order valence-electron chi connectivity index (χ4n) is 3.12. The van der Waals surface area contributed by atoms with E-state index in [1.165, 1.54) is 13.2 Å². The Morgan fingerprint density at radius 1 is 1.32 bits per heavy atom. The summed E-state index contributed by atoms with van der Waals surface area (Å²) in [6, 6.07) is 1.42. The molecule has 0 N–H and O–H groups in total. The molecule has 1 aromatic rings. The molecule has 2 heterocycles. The van der Waals surface area contributed by atoms with Gasteiger partial charge in [-0.15, -0.1) is 0 Å². The van der Waals surface area contributed by atoms with Gasteiger partial charge in [0.1, 0.15) is 11.3 Å². The molecular weight excluding hydrogens is 340 g/mol. The molecule has 0 radical (unpaired) electrons. The van der Waals surface area contributed by atoms with Crippen molar-refractivity contribution in [3.05, 3.63) is 27.7 Å². The maximum atomic E-state index is 12.6. The van der Waals surface area contributed by atoms with Crippen molar-refractivity contribution in [3.63, 3.8) is 0 Å². The second kappa shape index (κ2) is 9.29. The molecule has 0 spiro atoms. The van der Waals surface area contributed by atoms with Crippen LogP contribution in [0.15, 0.2) is 10.9 Å². The van der Waals surface area contributed by atoms with Crippen LogP contribution < -0.4 is 10.3 Å². The highest BCUT2D eigenvalue weighted by molar-refractivity contribution is 7.98. The average molecular weight is 368 g/mol. The molecule has 2 rings (SSSR count). The van der Waals surface area contributed by atoms with Gasteiger partial charge >= 0.3 is 5.97 Å². The van der Waals surface area contributed by atoms with E-state index in [9.17, 15) is 9.59 Å². The molecule has 0 aromatic carbocycles. The zero-order valence-corrected chi connectivity index (χ0v) is 16.4. The summed E-state index contributed by atoms with van der Waals surface area (Å²) >= 11 is 1.84. The number of aromatic nitrogens is 1. The number of ether oxygens (including phenoxy) is 2. The quantitative estimate of drug-likeness (QED) is 0.542. The third-order valence-corrected chi connectivity index (χ3v) is 4.96. The van der Waals surface area contributed by atoms with Crippen LogP contribution in [-0.2, 0) is 17.7 Å². The number of hydrogen-bond donors (Lipinski definition) is 0. The minimum atomic E-state index is -0.449. The number of esters is 1. The second-order valence-electron chi connectivity index (χ2n) is 6.42. The summed E-state index contributed by atoms with van der Waals surface area (Å²) in [5.41, 5.74) is 0.994. The number of pyridine rings is 1. The lowest BCUT2D eigenvalue weighted by molar-refractivity contribution is 0.0591. The van der Waals surface area contributed by atoms with Gasteiger partial charge in [0.25, 0.3) is 5.56 Å². The van der Waals surface area contributed by atoms with E-state index in [1.807, 2.05) is 25.6 Å². The molecule has 0 atom stereocenters. The minimum absolute atomic E-state index is 0.121. The van der Waals surface area contributed by atoms with Crippen molar-refractivity contribution in [3.8, 4) is 5.75 Å². The maximum Gasteiger partial charge on any atom is 0.343 e. The summed E-state index contributed by atoms with van der Waals surface area (Å²) in [5, 5.41) is 0. The molecule has 0 unspecified atom stereocenters. The van der Waals surface area contributed by atoms with Crippen LogP contribution in [0.1, 0.15) is 36.3 Å². The van der Waals surface area contributed by atoms with Gasteiger partial charge in [-0.3, -0.25) is 4.79 Å². The van der Waals surface area contributed by atoms with Gasteiger partial charge in [-0.25, -0.2) is 4.79 Å². The molecule has 1 aromatic heterocycles. The van der Waals surface area contributed by atoms with Crippen LogP contribution in [0, 0.1) is 0 Å². The first-order chi connectivity index (χ1) is 12.0. The molecule has 0 amide bonds. The van der Waals surface area contributed by atoms with Crippen molar-refractivity contribution in [2.24, 2.45) is 0 Å². The van der Waals surface area contributed by atoms with E-state index < -0.39 is 5.97 Å². The number of thioether (sulfide) groups is 1. The molecule has 0 bridgehead atoms. The molecule has 25 heavy (non-hydrogen) atoms. The van der Waals surface area contributed by atoms with Gasteiger partial charge in [-0.2, -0.15) is 11.8 Å². The third kappa shape index (κ3) is 5.01. The number of hydrogen-bond acceptors (Lipinski definition) is 6. The first-order valence-corrected chi connectivity index (χ1v) is 10.1. The lowest BCUT2D eigenvalue weighted by atomic mass is 10.1. The Morgan fingerprint density at radius 2 is 2.08 bits per heavy atom. The van der Waals surface area contributed by atoms with E-state index >= 15 is 0 Å². The maximum absolute atomic E-state index is 12.6. The molecule has 1 aliphatic heterocycles. The third-order valence-electron chi connectivity index (χ3n) is 4.26. The molecule has 0 saturated carbocycles. The summed E-state index contributed by atoms with van der Waals surface area (Å²) in [7, 11) is 1.36. The molecule has 140 valence electrons. The van der Waals surface area contributed by atoms with E-state index in [1.54, 1.807) is 4.57 Å². The van der Waals surface area contributed by atoms with E-state index in [2.05, 4.69) is 11.2 Å². The highest BCUT2D eigenvalue weighted by atomic mass is 32.2. The van der Waals surface area contributed by atoms with Crippen molar-refractivity contribution in [2.75, 3.05) is 38.8 Å². The molecule has 6 nitrogen and oxygen atoms in total. The minimum Gasteiger partial charge on any atom is -0.490 e. The highest BCUT2D eigenvalue weighted by Crippen LogP contribution is 2.25. The van der Waals surface area contributed by atoms with Crippen molar-refractivity contribution in [1.29, 1.82) is 0 Å². The topological polar surface area (TPSA) is 60.8 Å². The Morgan fingerprint density at radius 3 is 2.72 bits per heavy atom. The summed E-state index contributed by atoms with van der Waals surface area (Å²) in [6.45, 7) is 6.97. The van der Waals surface area contributed by atoms with E-state index in [0.717, 1.165) is 37.5 Å². The fourth-order valence-corrected chi connectivity index (χ4v) is 3.54. The van der Waals surface area contributed by atoms with Gasteiger partial charge in [-0.05, 0) is 38.8 Å². The number of rotatable bonds is 7. The molecule has 0 fully saturated rings. The van der Waals surface area contributed by atoms with Crippen LogP contribution in [0.2, 0.25) is 0 Å². The molecule has 1 aliphatic rings. The fraction of sp³-hybridized carbons (Fsp3) is 0.667. The Kier molecular flexibility index (Phi) is 7.38. The van der Waals surface area contributed by atoms with Crippen molar-refractivity contribution in [1.82, 2.24) is 9.47 Å². The smallest absolute Gasteiger partial charge is 0.343 e. The predicted octanol–water partition coefficient (Wildman–Crippen LogP) is 2.03. The summed E-state index contributed by atoms with van der Waals surface area (Å²) in [5.74, 6) is 1.01. The first kappa shape index (κ1) is 19.8. The summed E-state index contributed by atoms with van der Waals surface area (Å²) in [6.07, 6.45) is 3.74. The van der Waals surface area contributed by atoms with E-state index in [4.69, 9.17) is 9.47 Å². The first-order valence-electron chi connectivity index (χ1n) is 8.71. The average Bonchev–Trinajstić information content (AvgIpc) is 2.77. The Bertz CT molecular complexity index is 657. The number of methoxy groups -OCH3 is 1. The van der Waals surface area contributed by atoms with Crippen LogP contribution in [0.3, 0.4) is 0 Å². The highest BCUT2D eigenvalue weighted by Gasteiger charge is 2.26. The summed E-state index contributed by atoms with van der Waals surface area (Å²) < 4.78 is 12.4. The number of carbonyl (C=O) groups excluding carboxylic acids is 1. The van der Waals surface area contributed by atoms with Crippen LogP contribution in [0.25, 0.3) is 0 Å². The van der Waals surface area contributed by atoms with Gasteiger partial charge < -0.3 is 18.9 Å². The molecule has 0 aliphatic carbocycles. The van der Waals surface area contributed by atoms with Crippen molar-refractivity contribution < 1.29 is 14.3 Å². The lowest BCUT2D eigenvalue weighted by Crippen LogP contribution is -2.30.